The van der Waals surface area contributed by atoms with E-state index in [1.807, 2.05) is 0 Å². The van der Waals surface area contributed by atoms with E-state index in [4.69, 9.17) is 0 Å². The van der Waals surface area contributed by atoms with Gasteiger partial charge in [0.1, 0.15) is 11.4 Å². The Morgan fingerprint density at radius 2 is 1.78 bits per heavy atom. The maximum absolute atomic E-state index is 14.7. The SMILES string of the molecule is C[C@@H](NC(=O)c1cn(C2(C(F)F)CC2)c(=O)cc1N[C@H](C)c1cncn1C)c1cccc(C(F)F)c1F. The Labute approximate surface area is 209 Å². The molecule has 3 aromatic rings. The lowest BCUT2D eigenvalue weighted by Gasteiger charge is -2.23. The Balaban J connectivity index is 1.71. The van der Waals surface area contributed by atoms with Gasteiger partial charge in [-0.15, -0.1) is 0 Å². The van der Waals surface area contributed by atoms with E-state index in [9.17, 15) is 31.5 Å². The lowest BCUT2D eigenvalue weighted by molar-refractivity contribution is 0.0648. The molecular formula is C25H26F5N5O2. The molecule has 1 amide bonds. The van der Waals surface area contributed by atoms with Gasteiger partial charge in [-0.05, 0) is 26.7 Å². The van der Waals surface area contributed by atoms with E-state index in [0.717, 1.165) is 28.6 Å². The van der Waals surface area contributed by atoms with Crippen LogP contribution in [0.4, 0.5) is 27.6 Å². The van der Waals surface area contributed by atoms with Gasteiger partial charge in [0, 0.05) is 24.9 Å². The highest BCUT2D eigenvalue weighted by Crippen LogP contribution is 2.48. The van der Waals surface area contributed by atoms with Gasteiger partial charge in [0.25, 0.3) is 24.3 Å². The second-order valence-corrected chi connectivity index (χ2v) is 9.26. The Hall–Kier alpha value is -3.70. The predicted octanol–water partition coefficient (Wildman–Crippen LogP) is 5.08. The number of pyridine rings is 1. The lowest BCUT2D eigenvalue weighted by atomic mass is 10.0. The molecular weight excluding hydrogens is 497 g/mol. The number of alkyl halides is 4. The van der Waals surface area contributed by atoms with Gasteiger partial charge in [-0.3, -0.25) is 9.59 Å². The minimum absolute atomic E-state index is 0.0753. The summed E-state index contributed by atoms with van der Waals surface area (Å²) in [7, 11) is 1.76. The third-order valence-electron chi connectivity index (χ3n) is 6.72. The van der Waals surface area contributed by atoms with Gasteiger partial charge in [-0.25, -0.2) is 26.9 Å². The standard InChI is InChI=1S/C25H26F5N5O2/c1-13(15-5-4-6-16(21(15)26)22(27)28)33-23(37)17-11-35(25(7-8-25)24(29)30)20(36)9-18(17)32-14(2)19-10-31-12-34(19)3/h4-6,9-14,22,24,32H,7-8H2,1-3H3,(H,33,37)/t13-,14-/m1/s1. The minimum Gasteiger partial charge on any atom is -0.376 e. The Morgan fingerprint density at radius 3 is 2.35 bits per heavy atom. The van der Waals surface area contributed by atoms with E-state index in [-0.39, 0.29) is 29.7 Å². The van der Waals surface area contributed by atoms with E-state index >= 15 is 0 Å². The zero-order chi connectivity index (χ0) is 27.1. The molecule has 1 aromatic carbocycles. The highest BCUT2D eigenvalue weighted by Gasteiger charge is 2.53. The van der Waals surface area contributed by atoms with Crippen LogP contribution < -0.4 is 16.2 Å². The number of nitrogens with zero attached hydrogens (tertiary/aromatic N) is 3. The summed E-state index contributed by atoms with van der Waals surface area (Å²) in [5.74, 6) is -1.94. The van der Waals surface area contributed by atoms with Crippen LogP contribution in [-0.2, 0) is 12.6 Å². The van der Waals surface area contributed by atoms with Gasteiger partial charge in [0.15, 0.2) is 0 Å². The molecule has 0 saturated heterocycles. The number of aryl methyl sites for hydroxylation is 1. The summed E-state index contributed by atoms with van der Waals surface area (Å²) in [6, 6.07) is 3.08. The van der Waals surface area contributed by atoms with Crippen LogP contribution in [0.25, 0.3) is 0 Å². The average Bonchev–Trinajstić information content (AvgIpc) is 3.53. The zero-order valence-corrected chi connectivity index (χ0v) is 20.3. The van der Waals surface area contributed by atoms with Crippen molar-refractivity contribution in [3.8, 4) is 0 Å². The fourth-order valence-electron chi connectivity index (χ4n) is 4.39. The molecule has 2 heterocycles. The van der Waals surface area contributed by atoms with Gasteiger partial charge in [0.2, 0.25) is 0 Å². The molecule has 7 nitrogen and oxygen atoms in total. The molecule has 0 unspecified atom stereocenters. The van der Waals surface area contributed by atoms with Crippen LogP contribution >= 0.6 is 0 Å². The second-order valence-electron chi connectivity index (χ2n) is 9.26. The highest BCUT2D eigenvalue weighted by molar-refractivity contribution is 5.99. The highest BCUT2D eigenvalue weighted by atomic mass is 19.3. The number of nitrogens with one attached hydrogen (secondary N) is 2. The summed E-state index contributed by atoms with van der Waals surface area (Å²) in [6.07, 6.45) is -1.47. The number of halogens is 5. The molecule has 0 spiro atoms. The Morgan fingerprint density at radius 1 is 1.11 bits per heavy atom. The van der Waals surface area contributed by atoms with Crippen molar-refractivity contribution in [3.63, 3.8) is 0 Å². The molecule has 2 aromatic heterocycles. The Kier molecular flexibility index (Phi) is 7.11. The number of hydrogen-bond acceptors (Lipinski definition) is 4. The van der Waals surface area contributed by atoms with Crippen molar-refractivity contribution in [1.29, 1.82) is 0 Å². The predicted molar refractivity (Wildman–Crippen MR) is 126 cm³/mol. The first-order chi connectivity index (χ1) is 17.5. The van der Waals surface area contributed by atoms with Crippen LogP contribution in [0, 0.1) is 5.82 Å². The number of carbonyl (C=O) groups excluding carboxylic acids is 1. The summed E-state index contributed by atoms with van der Waals surface area (Å²) in [4.78, 5) is 30.2. The van der Waals surface area contributed by atoms with E-state index in [1.165, 1.54) is 19.1 Å². The van der Waals surface area contributed by atoms with Gasteiger partial charge in [-0.1, -0.05) is 18.2 Å². The smallest absolute Gasteiger partial charge is 0.266 e. The van der Waals surface area contributed by atoms with E-state index < -0.39 is 53.3 Å². The number of benzene rings is 1. The molecule has 198 valence electrons. The van der Waals surface area contributed by atoms with Gasteiger partial charge >= 0.3 is 0 Å². The van der Waals surface area contributed by atoms with E-state index in [1.54, 1.807) is 31.1 Å². The van der Waals surface area contributed by atoms with Gasteiger partial charge in [0.05, 0.1) is 47.1 Å². The summed E-state index contributed by atoms with van der Waals surface area (Å²) in [6.45, 7) is 3.17. The van der Waals surface area contributed by atoms with Crippen molar-refractivity contribution in [2.45, 2.75) is 57.2 Å². The van der Waals surface area contributed by atoms with Crippen LogP contribution in [0.3, 0.4) is 0 Å². The van der Waals surface area contributed by atoms with E-state index in [0.29, 0.717) is 0 Å². The van der Waals surface area contributed by atoms with Crippen LogP contribution in [0.15, 0.2) is 47.8 Å². The van der Waals surface area contributed by atoms with Crippen molar-refractivity contribution in [3.05, 3.63) is 81.5 Å². The molecule has 1 saturated carbocycles. The molecule has 2 atom stereocenters. The fourth-order valence-corrected chi connectivity index (χ4v) is 4.39. The van der Waals surface area contributed by atoms with Crippen molar-refractivity contribution in [1.82, 2.24) is 19.4 Å². The van der Waals surface area contributed by atoms with Crippen LogP contribution in [0.1, 0.15) is 72.4 Å². The molecule has 0 aliphatic heterocycles. The number of hydrogen-bond donors (Lipinski definition) is 2. The fraction of sp³-hybridized carbons (Fsp3) is 0.400. The first kappa shape index (κ1) is 26.4. The Bertz CT molecular complexity index is 1370. The summed E-state index contributed by atoms with van der Waals surface area (Å²) in [5, 5.41) is 5.60. The molecule has 1 aliphatic rings. The molecule has 1 aliphatic carbocycles. The first-order valence-corrected chi connectivity index (χ1v) is 11.6. The zero-order valence-electron chi connectivity index (χ0n) is 20.3. The normalized spacial score (nSPS) is 16.1. The van der Waals surface area contributed by atoms with Crippen LogP contribution in [-0.4, -0.2) is 26.5 Å². The van der Waals surface area contributed by atoms with Crippen LogP contribution in [0.2, 0.25) is 0 Å². The second kappa shape index (κ2) is 9.98. The average molecular weight is 524 g/mol. The molecule has 0 radical (unpaired) electrons. The third-order valence-corrected chi connectivity index (χ3v) is 6.72. The number of rotatable bonds is 9. The lowest BCUT2D eigenvalue weighted by Crippen LogP contribution is -2.37. The number of carbonyl (C=O) groups is 1. The molecule has 4 rings (SSSR count). The third kappa shape index (κ3) is 4.96. The molecule has 0 bridgehead atoms. The number of amides is 1. The summed E-state index contributed by atoms with van der Waals surface area (Å²) in [5.41, 5.74) is -2.69. The number of anilines is 1. The topological polar surface area (TPSA) is 81.0 Å². The molecule has 2 N–H and O–H groups in total. The van der Waals surface area contributed by atoms with Crippen molar-refractivity contribution in [2.75, 3.05) is 5.32 Å². The molecule has 37 heavy (non-hydrogen) atoms. The van der Waals surface area contributed by atoms with Crippen molar-refractivity contribution < 1.29 is 26.7 Å². The quantitative estimate of drug-likeness (QED) is 0.384. The number of imidazole rings is 1. The van der Waals surface area contributed by atoms with E-state index in [2.05, 4.69) is 15.6 Å². The monoisotopic (exact) mass is 523 g/mol. The molecule has 12 heteroatoms. The summed E-state index contributed by atoms with van der Waals surface area (Å²) < 4.78 is 71.2. The number of aromatic nitrogens is 3. The van der Waals surface area contributed by atoms with Gasteiger partial charge < -0.3 is 19.8 Å². The molecule has 1 fully saturated rings. The first-order valence-electron chi connectivity index (χ1n) is 11.6. The van der Waals surface area contributed by atoms with Gasteiger partial charge in [-0.2, -0.15) is 0 Å². The maximum Gasteiger partial charge on any atom is 0.266 e. The maximum atomic E-state index is 14.7. The minimum atomic E-state index is -3.04. The van der Waals surface area contributed by atoms with Crippen LogP contribution in [0.5, 0.6) is 0 Å². The largest absolute Gasteiger partial charge is 0.376 e. The van der Waals surface area contributed by atoms with Crippen molar-refractivity contribution in [2.24, 2.45) is 7.05 Å². The van der Waals surface area contributed by atoms with Crippen molar-refractivity contribution >= 4 is 11.6 Å². The summed E-state index contributed by atoms with van der Waals surface area (Å²) >= 11 is 0.